The number of rotatable bonds is 4. The van der Waals surface area contributed by atoms with Crippen LogP contribution in [0.1, 0.15) is 16.5 Å². The Kier molecular flexibility index (Phi) is 3.42. The van der Waals surface area contributed by atoms with E-state index in [1.165, 1.54) is 0 Å². The summed E-state index contributed by atoms with van der Waals surface area (Å²) in [5.74, 6) is 0.645. The fraction of sp³-hybridized carbons (Fsp3) is 0.231. The summed E-state index contributed by atoms with van der Waals surface area (Å²) >= 11 is 1.55. The fourth-order valence-electron chi connectivity index (χ4n) is 1.91. The Balaban J connectivity index is 1.63. The van der Waals surface area contributed by atoms with Crippen LogP contribution >= 0.6 is 11.3 Å². The van der Waals surface area contributed by atoms with E-state index in [0.29, 0.717) is 18.8 Å². The molecule has 102 valence electrons. The summed E-state index contributed by atoms with van der Waals surface area (Å²) in [4.78, 5) is 16.1. The molecule has 1 N–H and O–H groups in total. The number of amides is 1. The zero-order chi connectivity index (χ0) is 13.9. The van der Waals surface area contributed by atoms with Gasteiger partial charge in [-0.05, 0) is 19.1 Å². The van der Waals surface area contributed by atoms with Gasteiger partial charge in [0, 0.05) is 11.6 Å². The molecule has 0 aliphatic rings. The van der Waals surface area contributed by atoms with Gasteiger partial charge in [0.25, 0.3) is 0 Å². The Hall–Kier alpha value is -2.28. The third-order valence-corrected chi connectivity index (χ3v) is 3.66. The molecule has 0 saturated carbocycles. The van der Waals surface area contributed by atoms with Gasteiger partial charge in [0.05, 0.1) is 23.7 Å². The van der Waals surface area contributed by atoms with E-state index >= 15 is 0 Å². The number of thiazole rings is 1. The highest BCUT2D eigenvalue weighted by Crippen LogP contribution is 2.08. The summed E-state index contributed by atoms with van der Waals surface area (Å²) in [6, 6.07) is 5.67. The van der Waals surface area contributed by atoms with E-state index in [9.17, 15) is 4.79 Å². The first kappa shape index (κ1) is 12.7. The molecule has 1 amide bonds. The SMILES string of the molecule is Cc1nc(CC(=O)NCc2nnc3ccccn23)cs1. The number of pyridine rings is 1. The molecule has 0 atom stereocenters. The summed E-state index contributed by atoms with van der Waals surface area (Å²) in [6.45, 7) is 2.28. The lowest BCUT2D eigenvalue weighted by Gasteiger charge is -2.02. The summed E-state index contributed by atoms with van der Waals surface area (Å²) in [7, 11) is 0. The van der Waals surface area contributed by atoms with Crippen molar-refractivity contribution in [3.8, 4) is 0 Å². The second kappa shape index (κ2) is 5.38. The predicted molar refractivity (Wildman–Crippen MR) is 75.4 cm³/mol. The number of hydrogen-bond acceptors (Lipinski definition) is 5. The number of hydrogen-bond donors (Lipinski definition) is 1. The highest BCUT2D eigenvalue weighted by Gasteiger charge is 2.09. The molecule has 3 aromatic heterocycles. The average molecular weight is 287 g/mol. The number of nitrogens with zero attached hydrogens (tertiary/aromatic N) is 4. The van der Waals surface area contributed by atoms with Crippen LogP contribution in [-0.2, 0) is 17.8 Å². The smallest absolute Gasteiger partial charge is 0.226 e. The first-order valence-corrected chi connectivity index (χ1v) is 7.07. The molecular formula is C13H13N5OS. The summed E-state index contributed by atoms with van der Waals surface area (Å²) < 4.78 is 1.85. The lowest BCUT2D eigenvalue weighted by molar-refractivity contribution is -0.120. The van der Waals surface area contributed by atoms with Crippen molar-refractivity contribution < 1.29 is 4.79 Å². The van der Waals surface area contributed by atoms with Gasteiger partial charge in [-0.15, -0.1) is 21.5 Å². The quantitative estimate of drug-likeness (QED) is 0.786. The molecule has 0 aliphatic carbocycles. The summed E-state index contributed by atoms with van der Waals surface area (Å²) in [6.07, 6.45) is 2.17. The minimum Gasteiger partial charge on any atom is -0.348 e. The highest BCUT2D eigenvalue weighted by molar-refractivity contribution is 7.09. The molecule has 7 heteroatoms. The van der Waals surface area contributed by atoms with Gasteiger partial charge in [-0.2, -0.15) is 0 Å². The molecule has 3 heterocycles. The standard InChI is InChI=1S/C13H13N5OS/c1-9-15-10(8-20-9)6-13(19)14-7-12-17-16-11-4-2-3-5-18(11)12/h2-5,8H,6-7H2,1H3,(H,14,19). The van der Waals surface area contributed by atoms with Gasteiger partial charge in [0.2, 0.25) is 5.91 Å². The van der Waals surface area contributed by atoms with Crippen LogP contribution in [-0.4, -0.2) is 25.5 Å². The Bertz CT molecular complexity index is 748. The van der Waals surface area contributed by atoms with Crippen molar-refractivity contribution in [1.82, 2.24) is 24.9 Å². The number of fused-ring (bicyclic) bond motifs is 1. The lowest BCUT2D eigenvalue weighted by atomic mass is 10.3. The van der Waals surface area contributed by atoms with Gasteiger partial charge in [-0.25, -0.2) is 4.98 Å². The van der Waals surface area contributed by atoms with Crippen LogP contribution in [0.15, 0.2) is 29.8 Å². The molecule has 0 spiro atoms. The zero-order valence-electron chi connectivity index (χ0n) is 10.9. The van der Waals surface area contributed by atoms with Gasteiger partial charge >= 0.3 is 0 Å². The van der Waals surface area contributed by atoms with E-state index in [-0.39, 0.29) is 5.91 Å². The molecule has 0 bridgehead atoms. The van der Waals surface area contributed by atoms with E-state index in [4.69, 9.17) is 0 Å². The Morgan fingerprint density at radius 3 is 3.10 bits per heavy atom. The molecule has 0 unspecified atom stereocenters. The number of aromatic nitrogens is 4. The van der Waals surface area contributed by atoms with E-state index in [2.05, 4.69) is 20.5 Å². The molecule has 6 nitrogen and oxygen atoms in total. The van der Waals surface area contributed by atoms with Crippen molar-refractivity contribution in [3.05, 3.63) is 46.3 Å². The fourth-order valence-corrected chi connectivity index (χ4v) is 2.52. The lowest BCUT2D eigenvalue weighted by Crippen LogP contribution is -2.25. The van der Waals surface area contributed by atoms with Gasteiger partial charge in [0.1, 0.15) is 0 Å². The van der Waals surface area contributed by atoms with Crippen molar-refractivity contribution in [3.63, 3.8) is 0 Å². The second-order valence-electron chi connectivity index (χ2n) is 4.36. The monoisotopic (exact) mass is 287 g/mol. The van der Waals surface area contributed by atoms with Gasteiger partial charge in [-0.3, -0.25) is 9.20 Å². The Labute approximate surface area is 119 Å². The number of carbonyl (C=O) groups excluding carboxylic acids is 1. The van der Waals surface area contributed by atoms with Crippen LogP contribution in [0.2, 0.25) is 0 Å². The molecule has 0 radical (unpaired) electrons. The maximum Gasteiger partial charge on any atom is 0.226 e. The van der Waals surface area contributed by atoms with E-state index < -0.39 is 0 Å². The third-order valence-electron chi connectivity index (χ3n) is 2.84. The van der Waals surface area contributed by atoms with Crippen LogP contribution in [0, 0.1) is 6.92 Å². The topological polar surface area (TPSA) is 72.2 Å². The number of nitrogens with one attached hydrogen (secondary N) is 1. The van der Waals surface area contributed by atoms with Crippen LogP contribution < -0.4 is 5.32 Å². The second-order valence-corrected chi connectivity index (χ2v) is 5.42. The van der Waals surface area contributed by atoms with Crippen molar-refractivity contribution in [2.75, 3.05) is 0 Å². The molecule has 3 rings (SSSR count). The minimum absolute atomic E-state index is 0.0667. The first-order valence-electron chi connectivity index (χ1n) is 6.19. The van der Waals surface area contributed by atoms with Crippen LogP contribution in [0.3, 0.4) is 0 Å². The maximum absolute atomic E-state index is 11.8. The van der Waals surface area contributed by atoms with Gasteiger partial charge < -0.3 is 5.32 Å². The van der Waals surface area contributed by atoms with Crippen LogP contribution in [0.5, 0.6) is 0 Å². The van der Waals surface area contributed by atoms with E-state index in [0.717, 1.165) is 16.3 Å². The van der Waals surface area contributed by atoms with E-state index in [1.807, 2.05) is 41.1 Å². The minimum atomic E-state index is -0.0667. The largest absolute Gasteiger partial charge is 0.348 e. The van der Waals surface area contributed by atoms with E-state index in [1.54, 1.807) is 11.3 Å². The summed E-state index contributed by atoms with van der Waals surface area (Å²) in [5, 5.41) is 13.8. The van der Waals surface area contributed by atoms with Crippen LogP contribution in [0.25, 0.3) is 5.65 Å². The van der Waals surface area contributed by atoms with Crippen molar-refractivity contribution in [2.45, 2.75) is 19.9 Å². The van der Waals surface area contributed by atoms with Crippen molar-refractivity contribution in [1.29, 1.82) is 0 Å². The Morgan fingerprint density at radius 2 is 2.30 bits per heavy atom. The third kappa shape index (κ3) is 2.67. The molecule has 0 aromatic carbocycles. The van der Waals surface area contributed by atoms with Gasteiger partial charge in [0.15, 0.2) is 11.5 Å². The molecule has 3 aromatic rings. The predicted octanol–water partition coefficient (Wildman–Crippen LogP) is 1.35. The average Bonchev–Trinajstić information content (AvgIpc) is 3.03. The molecule has 0 saturated heterocycles. The number of aryl methyl sites for hydroxylation is 1. The zero-order valence-corrected chi connectivity index (χ0v) is 11.7. The first-order chi connectivity index (χ1) is 9.72. The summed E-state index contributed by atoms with van der Waals surface area (Å²) in [5.41, 5.74) is 1.57. The molecule has 0 aliphatic heterocycles. The molecule has 0 fully saturated rings. The normalized spacial score (nSPS) is 10.8. The maximum atomic E-state index is 11.8. The molecule has 20 heavy (non-hydrogen) atoms. The number of carbonyl (C=O) groups is 1. The highest BCUT2D eigenvalue weighted by atomic mass is 32.1. The van der Waals surface area contributed by atoms with Crippen LogP contribution in [0.4, 0.5) is 0 Å². The van der Waals surface area contributed by atoms with Gasteiger partial charge in [-0.1, -0.05) is 6.07 Å². The molecular weight excluding hydrogens is 274 g/mol. The van der Waals surface area contributed by atoms with Crippen molar-refractivity contribution >= 4 is 22.9 Å². The Morgan fingerprint density at radius 1 is 1.40 bits per heavy atom. The van der Waals surface area contributed by atoms with Crippen molar-refractivity contribution in [2.24, 2.45) is 0 Å².